The Morgan fingerprint density at radius 2 is 1.51 bits per heavy atom. The van der Waals surface area contributed by atoms with Crippen molar-refractivity contribution in [3.05, 3.63) is 59.7 Å². The minimum atomic E-state index is -1.42. The molecule has 0 radical (unpaired) electrons. The smallest absolute Gasteiger partial charge is 0.326 e. The van der Waals surface area contributed by atoms with Crippen molar-refractivity contribution in [2.45, 2.75) is 124 Å². The standard InChI is InChI=1S/C40H55N3O8/c1-9-10-11-28-12-14-29(15-13-28)30-16-18-31(19-17-30)38(48)43-23-24(2)20-33(43)37(47)42-35(27(5)51-40(6,7)8)34(45)21-25(3)36(46)41-32(39(49)50)22-26(4)44/h12-19,24-25,27,32-33,35H,9-11,20-23H2,1-8H3,(H,41,46)(H,42,47)(H,49,50)/t24-,25+,27+,32-,33-,35-/m0/s1. The predicted octanol–water partition coefficient (Wildman–Crippen LogP) is 5.38. The molecular formula is C40H55N3O8. The molecule has 3 amide bonds. The van der Waals surface area contributed by atoms with Crippen molar-refractivity contribution < 1.29 is 38.6 Å². The van der Waals surface area contributed by atoms with E-state index in [0.29, 0.717) is 18.5 Å². The number of carbonyl (C=O) groups excluding carboxylic acids is 5. The number of unbranched alkanes of at least 4 members (excludes halogenated alkanes) is 1. The molecule has 1 aliphatic rings. The van der Waals surface area contributed by atoms with E-state index in [-0.39, 0.29) is 24.7 Å². The van der Waals surface area contributed by atoms with Crippen LogP contribution < -0.4 is 10.6 Å². The van der Waals surface area contributed by atoms with E-state index in [9.17, 15) is 33.9 Å². The van der Waals surface area contributed by atoms with Gasteiger partial charge in [-0.25, -0.2) is 4.79 Å². The van der Waals surface area contributed by atoms with Gasteiger partial charge in [0.15, 0.2) is 5.78 Å². The Kier molecular flexibility index (Phi) is 14.7. The molecule has 3 N–H and O–H groups in total. The first-order valence-corrected chi connectivity index (χ1v) is 17.9. The van der Waals surface area contributed by atoms with Crippen LogP contribution in [0.3, 0.4) is 0 Å². The molecule has 6 atom stereocenters. The molecule has 11 nitrogen and oxygen atoms in total. The van der Waals surface area contributed by atoms with Crippen LogP contribution in [0.1, 0.15) is 103 Å². The number of Topliss-reactive ketones (excluding diaryl/α,β-unsaturated/α-hetero) is 2. The number of benzene rings is 2. The number of carboxylic acid groups (broad SMARTS) is 1. The summed E-state index contributed by atoms with van der Waals surface area (Å²) in [6.07, 6.45) is 2.23. The number of carbonyl (C=O) groups is 6. The number of aliphatic carboxylic acids is 1. The lowest BCUT2D eigenvalue weighted by Crippen LogP contribution is -2.56. The highest BCUT2D eigenvalue weighted by Gasteiger charge is 2.41. The summed E-state index contributed by atoms with van der Waals surface area (Å²) in [6.45, 7) is 14.3. The minimum absolute atomic E-state index is 0.0356. The fraction of sp³-hybridized carbons (Fsp3) is 0.550. The van der Waals surface area contributed by atoms with Crippen molar-refractivity contribution >= 4 is 35.3 Å². The molecule has 1 saturated heterocycles. The number of hydrogen-bond acceptors (Lipinski definition) is 7. The van der Waals surface area contributed by atoms with Crippen LogP contribution in [0, 0.1) is 11.8 Å². The van der Waals surface area contributed by atoms with Crippen LogP contribution in [0.2, 0.25) is 0 Å². The van der Waals surface area contributed by atoms with Crippen LogP contribution in [0.25, 0.3) is 11.1 Å². The van der Waals surface area contributed by atoms with Gasteiger partial charge in [-0.05, 0) is 88.6 Å². The summed E-state index contributed by atoms with van der Waals surface area (Å²) in [7, 11) is 0. The molecule has 1 fully saturated rings. The predicted molar refractivity (Wildman–Crippen MR) is 195 cm³/mol. The lowest BCUT2D eigenvalue weighted by molar-refractivity contribution is -0.144. The number of nitrogens with zero attached hydrogens (tertiary/aromatic N) is 1. The summed E-state index contributed by atoms with van der Waals surface area (Å²) in [5.74, 6) is -4.67. The Labute approximate surface area is 301 Å². The van der Waals surface area contributed by atoms with Crippen LogP contribution in [0.4, 0.5) is 0 Å². The lowest BCUT2D eigenvalue weighted by Gasteiger charge is -2.33. The minimum Gasteiger partial charge on any atom is -0.480 e. The quantitative estimate of drug-likeness (QED) is 0.198. The first-order chi connectivity index (χ1) is 23.9. The molecule has 0 saturated carbocycles. The maximum Gasteiger partial charge on any atom is 0.326 e. The Bertz CT molecular complexity index is 1550. The molecule has 11 heteroatoms. The Morgan fingerprint density at radius 3 is 2.04 bits per heavy atom. The molecule has 3 rings (SSSR count). The molecule has 1 aliphatic heterocycles. The number of rotatable bonds is 17. The van der Waals surface area contributed by atoms with Crippen LogP contribution in [0.15, 0.2) is 48.5 Å². The number of ketones is 2. The van der Waals surface area contributed by atoms with Crippen LogP contribution in [-0.4, -0.2) is 81.6 Å². The van der Waals surface area contributed by atoms with E-state index < -0.39 is 65.1 Å². The van der Waals surface area contributed by atoms with Crippen molar-refractivity contribution in [3.8, 4) is 11.1 Å². The highest BCUT2D eigenvalue weighted by Crippen LogP contribution is 2.27. The Balaban J connectivity index is 1.76. The van der Waals surface area contributed by atoms with Crippen molar-refractivity contribution in [1.82, 2.24) is 15.5 Å². The second-order valence-corrected chi connectivity index (χ2v) is 15.0. The van der Waals surface area contributed by atoms with Gasteiger partial charge in [0.25, 0.3) is 5.91 Å². The van der Waals surface area contributed by atoms with E-state index in [1.54, 1.807) is 24.0 Å². The van der Waals surface area contributed by atoms with Gasteiger partial charge in [-0.3, -0.25) is 24.0 Å². The van der Waals surface area contributed by atoms with Crippen LogP contribution >= 0.6 is 0 Å². The van der Waals surface area contributed by atoms with E-state index >= 15 is 0 Å². The molecule has 51 heavy (non-hydrogen) atoms. The summed E-state index contributed by atoms with van der Waals surface area (Å²) >= 11 is 0. The number of nitrogens with one attached hydrogen (secondary N) is 2. The largest absolute Gasteiger partial charge is 0.480 e. The molecular weight excluding hydrogens is 650 g/mol. The second-order valence-electron chi connectivity index (χ2n) is 15.0. The molecule has 0 bridgehead atoms. The molecule has 278 valence electrons. The number of hydrogen-bond donors (Lipinski definition) is 3. The van der Waals surface area contributed by atoms with E-state index in [2.05, 4.69) is 41.8 Å². The normalized spacial score (nSPS) is 18.3. The number of ether oxygens (including phenoxy) is 1. The highest BCUT2D eigenvalue weighted by molar-refractivity contribution is 6.00. The maximum atomic E-state index is 13.9. The first-order valence-electron chi connectivity index (χ1n) is 17.9. The fourth-order valence-electron chi connectivity index (χ4n) is 6.39. The van der Waals surface area contributed by atoms with E-state index in [1.807, 2.05) is 39.8 Å². The SMILES string of the molecule is CCCCc1ccc(-c2ccc(C(=O)N3C[C@@H](C)C[C@H]3C(=O)N[C@H](C(=O)C[C@@H](C)C(=O)N[C@@H](CC(C)=O)C(=O)O)[C@@H](C)OC(C)(C)C)cc2)cc1. The zero-order valence-corrected chi connectivity index (χ0v) is 31.3. The monoisotopic (exact) mass is 705 g/mol. The summed E-state index contributed by atoms with van der Waals surface area (Å²) < 4.78 is 6.07. The van der Waals surface area contributed by atoms with Gasteiger partial charge in [0.1, 0.15) is 23.9 Å². The van der Waals surface area contributed by atoms with Crippen LogP contribution in [-0.2, 0) is 35.1 Å². The van der Waals surface area contributed by atoms with Gasteiger partial charge in [-0.15, -0.1) is 0 Å². The zero-order chi connectivity index (χ0) is 38.0. The number of carboxylic acids is 1. The summed E-state index contributed by atoms with van der Waals surface area (Å²) in [6, 6.07) is 12.4. The van der Waals surface area contributed by atoms with E-state index in [1.165, 1.54) is 19.4 Å². The van der Waals surface area contributed by atoms with Crippen molar-refractivity contribution in [3.63, 3.8) is 0 Å². The van der Waals surface area contributed by atoms with Gasteiger partial charge in [-0.1, -0.05) is 63.6 Å². The van der Waals surface area contributed by atoms with E-state index in [4.69, 9.17) is 4.74 Å². The summed E-state index contributed by atoms with van der Waals surface area (Å²) in [5, 5.41) is 14.6. The molecule has 2 aromatic rings. The van der Waals surface area contributed by atoms with Crippen molar-refractivity contribution in [2.75, 3.05) is 6.54 Å². The first kappa shape index (κ1) is 41.0. The number of aryl methyl sites for hydroxylation is 1. The lowest BCUT2D eigenvalue weighted by atomic mass is 9.95. The topological polar surface area (TPSA) is 159 Å². The van der Waals surface area contributed by atoms with Gasteiger partial charge in [0, 0.05) is 30.9 Å². The van der Waals surface area contributed by atoms with Crippen LogP contribution in [0.5, 0.6) is 0 Å². The molecule has 1 heterocycles. The van der Waals surface area contributed by atoms with Gasteiger partial charge in [-0.2, -0.15) is 0 Å². The Morgan fingerprint density at radius 1 is 0.922 bits per heavy atom. The molecule has 0 spiro atoms. The summed E-state index contributed by atoms with van der Waals surface area (Å²) in [5.41, 5.74) is 3.10. The van der Waals surface area contributed by atoms with Crippen molar-refractivity contribution in [2.24, 2.45) is 11.8 Å². The zero-order valence-electron chi connectivity index (χ0n) is 31.3. The third-order valence-electron chi connectivity index (χ3n) is 9.03. The van der Waals surface area contributed by atoms with E-state index in [0.717, 1.165) is 30.4 Å². The van der Waals surface area contributed by atoms with Crippen molar-refractivity contribution in [1.29, 1.82) is 0 Å². The third kappa shape index (κ3) is 12.1. The Hall–Kier alpha value is -4.38. The molecule has 2 aromatic carbocycles. The van der Waals surface area contributed by atoms with Gasteiger partial charge >= 0.3 is 5.97 Å². The number of amides is 3. The van der Waals surface area contributed by atoms with Gasteiger partial charge < -0.3 is 25.4 Å². The maximum absolute atomic E-state index is 13.9. The summed E-state index contributed by atoms with van der Waals surface area (Å²) in [4.78, 5) is 78.9. The average molecular weight is 706 g/mol. The molecule has 0 unspecified atom stereocenters. The van der Waals surface area contributed by atoms with Gasteiger partial charge in [0.2, 0.25) is 11.8 Å². The fourth-order valence-corrected chi connectivity index (χ4v) is 6.39. The highest BCUT2D eigenvalue weighted by atomic mass is 16.5. The number of likely N-dealkylation sites (tertiary alicyclic amines) is 1. The average Bonchev–Trinajstić information content (AvgIpc) is 3.46. The second kappa shape index (κ2) is 18.2. The van der Waals surface area contributed by atoms with Gasteiger partial charge in [0.05, 0.1) is 11.7 Å². The molecule has 0 aliphatic carbocycles. The molecule has 0 aromatic heterocycles. The third-order valence-corrected chi connectivity index (χ3v) is 9.03.